The lowest BCUT2D eigenvalue weighted by atomic mass is 10.1. The molecule has 1 aliphatic rings. The lowest BCUT2D eigenvalue weighted by Gasteiger charge is -2.34. The van der Waals surface area contributed by atoms with Gasteiger partial charge < -0.3 is 0 Å². The molecule has 0 saturated carbocycles. The van der Waals surface area contributed by atoms with Gasteiger partial charge in [-0.2, -0.15) is 13.2 Å². The van der Waals surface area contributed by atoms with Crippen LogP contribution in [0.3, 0.4) is 0 Å². The summed E-state index contributed by atoms with van der Waals surface area (Å²) in [5.41, 5.74) is -0.0542. The van der Waals surface area contributed by atoms with Crippen LogP contribution in [0.15, 0.2) is 0 Å². The van der Waals surface area contributed by atoms with Crippen molar-refractivity contribution < 1.29 is 13.2 Å². The van der Waals surface area contributed by atoms with E-state index in [1.807, 2.05) is 20.8 Å². The maximum absolute atomic E-state index is 12.7. The van der Waals surface area contributed by atoms with E-state index in [2.05, 4.69) is 4.90 Å². The van der Waals surface area contributed by atoms with E-state index >= 15 is 0 Å². The molecule has 0 aromatic heterocycles. The van der Waals surface area contributed by atoms with Crippen molar-refractivity contribution in [3.05, 3.63) is 0 Å². The second-order valence-corrected chi connectivity index (χ2v) is 5.48. The number of alkyl halides is 3. The summed E-state index contributed by atoms with van der Waals surface area (Å²) >= 11 is 0. The molecule has 1 fully saturated rings. The van der Waals surface area contributed by atoms with E-state index in [-0.39, 0.29) is 12.0 Å². The summed E-state index contributed by atoms with van der Waals surface area (Å²) in [6.07, 6.45) is -3.94. The maximum atomic E-state index is 12.7. The summed E-state index contributed by atoms with van der Waals surface area (Å²) in [7, 11) is 1.56. The van der Waals surface area contributed by atoms with Crippen LogP contribution in [-0.2, 0) is 0 Å². The zero-order valence-electron chi connectivity index (χ0n) is 10.4. The fraction of sp³-hybridized carbons (Fsp3) is 1.00. The van der Waals surface area contributed by atoms with Crippen LogP contribution in [-0.4, -0.2) is 54.2 Å². The molecular formula is C11H21F3N2. The van der Waals surface area contributed by atoms with Gasteiger partial charge in [0.15, 0.2) is 0 Å². The van der Waals surface area contributed by atoms with Gasteiger partial charge in [0.05, 0.1) is 0 Å². The van der Waals surface area contributed by atoms with E-state index in [0.29, 0.717) is 19.6 Å². The van der Waals surface area contributed by atoms with Gasteiger partial charge in [0.2, 0.25) is 0 Å². The zero-order valence-corrected chi connectivity index (χ0v) is 10.4. The van der Waals surface area contributed by atoms with E-state index < -0.39 is 12.2 Å². The van der Waals surface area contributed by atoms with Crippen molar-refractivity contribution >= 4 is 0 Å². The fourth-order valence-corrected chi connectivity index (χ4v) is 2.13. The Kier molecular flexibility index (Phi) is 3.90. The van der Waals surface area contributed by atoms with Crippen LogP contribution in [0.5, 0.6) is 0 Å². The first kappa shape index (κ1) is 13.8. The van der Waals surface area contributed by atoms with Gasteiger partial charge >= 0.3 is 6.18 Å². The standard InChI is InChI=1S/C11H21F3N2/c1-10(2,3)16-6-5-9(11(12,13)14)15(4)7-8-16/h9H,5-8H2,1-4H3. The summed E-state index contributed by atoms with van der Waals surface area (Å²) in [5, 5.41) is 0. The molecule has 0 bridgehead atoms. The van der Waals surface area contributed by atoms with Gasteiger partial charge in [-0.25, -0.2) is 0 Å². The monoisotopic (exact) mass is 238 g/mol. The number of rotatable bonds is 0. The summed E-state index contributed by atoms with van der Waals surface area (Å²) in [5.74, 6) is 0. The average Bonchev–Trinajstić information content (AvgIpc) is 2.23. The van der Waals surface area contributed by atoms with Crippen LogP contribution in [0.4, 0.5) is 13.2 Å². The Balaban J connectivity index is 2.70. The Morgan fingerprint density at radius 1 is 1.00 bits per heavy atom. The van der Waals surface area contributed by atoms with Crippen LogP contribution in [0.1, 0.15) is 27.2 Å². The normalized spacial score (nSPS) is 26.8. The number of likely N-dealkylation sites (N-methyl/N-ethyl adjacent to an activating group) is 1. The number of halogens is 3. The molecule has 16 heavy (non-hydrogen) atoms. The molecule has 2 nitrogen and oxygen atoms in total. The number of nitrogens with zero attached hydrogens (tertiary/aromatic N) is 2. The highest BCUT2D eigenvalue weighted by Crippen LogP contribution is 2.29. The molecule has 0 amide bonds. The Labute approximate surface area is 95.4 Å². The molecular weight excluding hydrogens is 217 g/mol. The quantitative estimate of drug-likeness (QED) is 0.639. The van der Waals surface area contributed by atoms with Gasteiger partial charge in [0.1, 0.15) is 6.04 Å². The average molecular weight is 238 g/mol. The van der Waals surface area contributed by atoms with Gasteiger partial charge in [-0.05, 0) is 34.2 Å². The van der Waals surface area contributed by atoms with Crippen molar-refractivity contribution in [1.82, 2.24) is 9.80 Å². The topological polar surface area (TPSA) is 6.48 Å². The minimum atomic E-state index is -4.11. The highest BCUT2D eigenvalue weighted by molar-refractivity contribution is 4.86. The third-order valence-electron chi connectivity index (χ3n) is 3.25. The van der Waals surface area contributed by atoms with Crippen LogP contribution >= 0.6 is 0 Å². The molecule has 0 aromatic carbocycles. The fourth-order valence-electron chi connectivity index (χ4n) is 2.13. The van der Waals surface area contributed by atoms with Crippen molar-refractivity contribution in [2.24, 2.45) is 0 Å². The molecule has 96 valence electrons. The van der Waals surface area contributed by atoms with Crippen molar-refractivity contribution in [2.75, 3.05) is 26.7 Å². The van der Waals surface area contributed by atoms with E-state index in [1.54, 1.807) is 7.05 Å². The third kappa shape index (κ3) is 3.35. The number of hydrogen-bond acceptors (Lipinski definition) is 2. The van der Waals surface area contributed by atoms with Crippen LogP contribution < -0.4 is 0 Å². The van der Waals surface area contributed by atoms with Crippen LogP contribution in [0, 0.1) is 0 Å². The van der Waals surface area contributed by atoms with E-state index in [0.717, 1.165) is 0 Å². The molecule has 1 saturated heterocycles. The molecule has 1 unspecified atom stereocenters. The Morgan fingerprint density at radius 3 is 2.00 bits per heavy atom. The summed E-state index contributed by atoms with van der Waals surface area (Å²) in [6, 6.07) is -1.29. The molecule has 1 heterocycles. The highest BCUT2D eigenvalue weighted by atomic mass is 19.4. The first-order valence-electron chi connectivity index (χ1n) is 5.64. The minimum Gasteiger partial charge on any atom is -0.297 e. The van der Waals surface area contributed by atoms with Crippen molar-refractivity contribution in [1.29, 1.82) is 0 Å². The van der Waals surface area contributed by atoms with E-state index in [1.165, 1.54) is 4.90 Å². The summed E-state index contributed by atoms with van der Waals surface area (Å²) < 4.78 is 38.2. The van der Waals surface area contributed by atoms with E-state index in [9.17, 15) is 13.2 Å². The molecule has 5 heteroatoms. The predicted octanol–water partition coefficient (Wildman–Crippen LogP) is 2.35. The van der Waals surface area contributed by atoms with Crippen molar-refractivity contribution in [3.8, 4) is 0 Å². The smallest absolute Gasteiger partial charge is 0.297 e. The summed E-state index contributed by atoms with van der Waals surface area (Å²) in [6.45, 7) is 7.81. The Bertz CT molecular complexity index is 232. The molecule has 0 aromatic rings. The van der Waals surface area contributed by atoms with E-state index in [4.69, 9.17) is 0 Å². The van der Waals surface area contributed by atoms with Crippen LogP contribution in [0.2, 0.25) is 0 Å². The zero-order chi connectivity index (χ0) is 12.6. The second-order valence-electron chi connectivity index (χ2n) is 5.48. The van der Waals surface area contributed by atoms with Gasteiger partial charge in [-0.1, -0.05) is 0 Å². The Morgan fingerprint density at radius 2 is 1.56 bits per heavy atom. The predicted molar refractivity (Wildman–Crippen MR) is 58.4 cm³/mol. The summed E-state index contributed by atoms with van der Waals surface area (Å²) in [4.78, 5) is 3.54. The molecule has 0 aliphatic carbocycles. The SMILES string of the molecule is CN1CCN(C(C)(C)C)CCC1C(F)(F)F. The van der Waals surface area contributed by atoms with Gasteiger partial charge in [-0.3, -0.25) is 9.80 Å². The molecule has 1 atom stereocenters. The Hall–Kier alpha value is -0.290. The minimum absolute atomic E-state index is 0.0542. The first-order chi connectivity index (χ1) is 7.12. The van der Waals surface area contributed by atoms with Crippen molar-refractivity contribution in [2.45, 2.75) is 44.9 Å². The second kappa shape index (κ2) is 4.53. The van der Waals surface area contributed by atoms with Gasteiger partial charge in [0, 0.05) is 25.2 Å². The maximum Gasteiger partial charge on any atom is 0.404 e. The van der Waals surface area contributed by atoms with Crippen LogP contribution in [0.25, 0.3) is 0 Å². The number of hydrogen-bond donors (Lipinski definition) is 0. The molecule has 0 spiro atoms. The third-order valence-corrected chi connectivity index (χ3v) is 3.25. The lowest BCUT2D eigenvalue weighted by Crippen LogP contribution is -2.43. The molecule has 0 N–H and O–H groups in total. The molecule has 1 rings (SSSR count). The molecule has 0 radical (unpaired) electrons. The molecule has 1 aliphatic heterocycles. The van der Waals surface area contributed by atoms with Crippen molar-refractivity contribution in [3.63, 3.8) is 0 Å². The van der Waals surface area contributed by atoms with Gasteiger partial charge in [0.25, 0.3) is 0 Å². The largest absolute Gasteiger partial charge is 0.404 e. The van der Waals surface area contributed by atoms with Gasteiger partial charge in [-0.15, -0.1) is 0 Å². The lowest BCUT2D eigenvalue weighted by molar-refractivity contribution is -0.179. The highest BCUT2D eigenvalue weighted by Gasteiger charge is 2.43. The first-order valence-corrected chi connectivity index (χ1v) is 5.64.